The highest BCUT2D eigenvalue weighted by Gasteiger charge is 2.08. The minimum absolute atomic E-state index is 0.00904. The van der Waals surface area contributed by atoms with Gasteiger partial charge in [-0.25, -0.2) is 0 Å². The summed E-state index contributed by atoms with van der Waals surface area (Å²) in [7, 11) is 0. The van der Waals surface area contributed by atoms with Gasteiger partial charge >= 0.3 is 0 Å². The van der Waals surface area contributed by atoms with Gasteiger partial charge in [0.15, 0.2) is 12.4 Å². The molecule has 0 atom stereocenters. The number of carbonyl (C=O) groups excluding carboxylic acids is 1. The van der Waals surface area contributed by atoms with Crippen molar-refractivity contribution in [2.45, 2.75) is 13.8 Å². The quantitative estimate of drug-likeness (QED) is 0.602. The predicted molar refractivity (Wildman–Crippen MR) is 97.6 cm³/mol. The van der Waals surface area contributed by atoms with Gasteiger partial charge in [-0.1, -0.05) is 54.6 Å². The highest BCUT2D eigenvalue weighted by molar-refractivity contribution is 5.97. The third kappa shape index (κ3) is 3.72. The molecule has 3 rings (SSSR count). The number of carbonyl (C=O) groups is 1. The van der Waals surface area contributed by atoms with Gasteiger partial charge in [0.05, 0.1) is 0 Å². The van der Waals surface area contributed by atoms with E-state index in [1.54, 1.807) is 0 Å². The molecule has 120 valence electrons. The zero-order chi connectivity index (χ0) is 16.9. The van der Waals surface area contributed by atoms with E-state index in [-0.39, 0.29) is 12.4 Å². The van der Waals surface area contributed by atoms with Crippen LogP contribution in [0.4, 0.5) is 0 Å². The maximum Gasteiger partial charge on any atom is 0.200 e. The molecule has 0 saturated carbocycles. The Morgan fingerprint density at radius 1 is 0.792 bits per heavy atom. The molecule has 0 radical (unpaired) electrons. The average Bonchev–Trinajstić information content (AvgIpc) is 2.63. The lowest BCUT2D eigenvalue weighted by Crippen LogP contribution is -2.11. The number of benzene rings is 3. The number of hydrogen-bond acceptors (Lipinski definition) is 2. The summed E-state index contributed by atoms with van der Waals surface area (Å²) in [6, 6.07) is 23.7. The molecule has 0 aliphatic heterocycles. The summed E-state index contributed by atoms with van der Waals surface area (Å²) in [6.07, 6.45) is 0. The van der Waals surface area contributed by atoms with Crippen LogP contribution >= 0.6 is 0 Å². The Morgan fingerprint density at radius 2 is 1.46 bits per heavy atom. The zero-order valence-corrected chi connectivity index (χ0v) is 14.0. The Morgan fingerprint density at radius 3 is 2.12 bits per heavy atom. The maximum atomic E-state index is 12.2. The normalized spacial score (nSPS) is 10.4. The summed E-state index contributed by atoms with van der Waals surface area (Å²) in [5, 5.41) is 0. The molecule has 3 aromatic carbocycles. The van der Waals surface area contributed by atoms with Crippen molar-refractivity contribution < 1.29 is 9.53 Å². The molecule has 0 saturated heterocycles. The fraction of sp³-hybridized carbons (Fsp3) is 0.136. The van der Waals surface area contributed by atoms with Gasteiger partial charge in [-0.3, -0.25) is 4.79 Å². The number of Topliss-reactive ketones (excluding diaryl/α,β-unsaturated/α-hetero) is 1. The first kappa shape index (κ1) is 16.0. The Labute approximate surface area is 142 Å². The number of ether oxygens (including phenoxy) is 1. The van der Waals surface area contributed by atoms with Gasteiger partial charge in [-0.15, -0.1) is 0 Å². The largest absolute Gasteiger partial charge is 0.485 e. The second-order valence-corrected chi connectivity index (χ2v) is 5.90. The van der Waals surface area contributed by atoms with Crippen molar-refractivity contribution in [3.8, 4) is 16.9 Å². The fourth-order valence-corrected chi connectivity index (χ4v) is 2.52. The Bertz CT molecular complexity index is 834. The molecule has 0 aromatic heterocycles. The van der Waals surface area contributed by atoms with Crippen LogP contribution < -0.4 is 4.74 Å². The lowest BCUT2D eigenvalue weighted by Gasteiger charge is -2.08. The highest BCUT2D eigenvalue weighted by atomic mass is 16.5. The third-order valence-corrected chi connectivity index (χ3v) is 4.16. The van der Waals surface area contributed by atoms with Crippen molar-refractivity contribution in [1.29, 1.82) is 0 Å². The van der Waals surface area contributed by atoms with Crippen LogP contribution in [0, 0.1) is 13.8 Å². The molecule has 0 unspecified atom stereocenters. The first-order valence-corrected chi connectivity index (χ1v) is 8.02. The number of rotatable bonds is 5. The third-order valence-electron chi connectivity index (χ3n) is 4.16. The first-order valence-electron chi connectivity index (χ1n) is 8.02. The van der Waals surface area contributed by atoms with E-state index < -0.39 is 0 Å². The van der Waals surface area contributed by atoms with E-state index in [1.165, 1.54) is 5.56 Å². The van der Waals surface area contributed by atoms with E-state index in [0.717, 1.165) is 16.7 Å². The Hall–Kier alpha value is -2.87. The SMILES string of the molecule is Cc1ccc(C(=O)COc2ccc(-c3ccccc3)cc2)cc1C. The van der Waals surface area contributed by atoms with Crippen LogP contribution in [0.25, 0.3) is 11.1 Å². The van der Waals surface area contributed by atoms with Crippen molar-refractivity contribution in [3.63, 3.8) is 0 Å². The Balaban J connectivity index is 1.64. The predicted octanol–water partition coefficient (Wildman–Crippen LogP) is 5.23. The number of aryl methyl sites for hydroxylation is 2. The monoisotopic (exact) mass is 316 g/mol. The topological polar surface area (TPSA) is 26.3 Å². The minimum Gasteiger partial charge on any atom is -0.485 e. The van der Waals surface area contributed by atoms with Gasteiger partial charge in [0.1, 0.15) is 5.75 Å². The molecule has 2 heteroatoms. The van der Waals surface area contributed by atoms with Gasteiger partial charge in [0.2, 0.25) is 0 Å². The molecule has 0 heterocycles. The zero-order valence-electron chi connectivity index (χ0n) is 14.0. The molecule has 0 N–H and O–H groups in total. The fourth-order valence-electron chi connectivity index (χ4n) is 2.52. The van der Waals surface area contributed by atoms with E-state index in [4.69, 9.17) is 4.74 Å². The maximum absolute atomic E-state index is 12.2. The van der Waals surface area contributed by atoms with E-state index in [9.17, 15) is 4.79 Å². The van der Waals surface area contributed by atoms with Crippen LogP contribution in [-0.2, 0) is 0 Å². The molecule has 0 bridgehead atoms. The van der Waals surface area contributed by atoms with Crippen LogP contribution in [0.5, 0.6) is 5.75 Å². The summed E-state index contributed by atoms with van der Waals surface area (Å²) in [6.45, 7) is 4.09. The van der Waals surface area contributed by atoms with Crippen molar-refractivity contribution in [2.24, 2.45) is 0 Å². The molecule has 0 fully saturated rings. The first-order chi connectivity index (χ1) is 11.6. The summed E-state index contributed by atoms with van der Waals surface area (Å²) in [5.74, 6) is 0.692. The van der Waals surface area contributed by atoms with Gasteiger partial charge < -0.3 is 4.74 Å². The molecule has 2 nitrogen and oxygen atoms in total. The van der Waals surface area contributed by atoms with E-state index in [0.29, 0.717) is 11.3 Å². The van der Waals surface area contributed by atoms with Crippen LogP contribution in [0.1, 0.15) is 21.5 Å². The molecular weight excluding hydrogens is 296 g/mol. The lowest BCUT2D eigenvalue weighted by atomic mass is 10.0. The van der Waals surface area contributed by atoms with Crippen LogP contribution in [-0.4, -0.2) is 12.4 Å². The summed E-state index contributed by atoms with van der Waals surface area (Å²) >= 11 is 0. The van der Waals surface area contributed by atoms with Crippen molar-refractivity contribution in [1.82, 2.24) is 0 Å². The molecule has 0 amide bonds. The average molecular weight is 316 g/mol. The van der Waals surface area contributed by atoms with E-state index in [1.807, 2.05) is 74.5 Å². The number of ketones is 1. The highest BCUT2D eigenvalue weighted by Crippen LogP contribution is 2.22. The van der Waals surface area contributed by atoms with Crippen LogP contribution in [0.3, 0.4) is 0 Å². The second-order valence-electron chi connectivity index (χ2n) is 5.90. The summed E-state index contributed by atoms with van der Waals surface area (Å²) < 4.78 is 5.63. The summed E-state index contributed by atoms with van der Waals surface area (Å²) in [5.41, 5.74) is 5.29. The molecule has 0 aliphatic carbocycles. The van der Waals surface area contributed by atoms with E-state index >= 15 is 0 Å². The Kier molecular flexibility index (Phi) is 4.76. The van der Waals surface area contributed by atoms with Crippen molar-refractivity contribution in [3.05, 3.63) is 89.5 Å². The van der Waals surface area contributed by atoms with Crippen molar-refractivity contribution in [2.75, 3.05) is 6.61 Å². The number of hydrogen-bond donors (Lipinski definition) is 0. The van der Waals surface area contributed by atoms with Gasteiger partial charge in [0.25, 0.3) is 0 Å². The van der Waals surface area contributed by atoms with Gasteiger partial charge in [-0.05, 0) is 54.3 Å². The minimum atomic E-state index is -0.00904. The molecule has 0 spiro atoms. The molecule has 0 aliphatic rings. The second kappa shape index (κ2) is 7.14. The molecule has 24 heavy (non-hydrogen) atoms. The van der Waals surface area contributed by atoms with Crippen LogP contribution in [0.2, 0.25) is 0 Å². The molecule has 3 aromatic rings. The summed E-state index contributed by atoms with van der Waals surface area (Å²) in [4.78, 5) is 12.2. The lowest BCUT2D eigenvalue weighted by molar-refractivity contribution is 0.0921. The van der Waals surface area contributed by atoms with Gasteiger partial charge in [-0.2, -0.15) is 0 Å². The molecular formula is C22H20O2. The van der Waals surface area contributed by atoms with Crippen LogP contribution in [0.15, 0.2) is 72.8 Å². The van der Waals surface area contributed by atoms with Crippen molar-refractivity contribution >= 4 is 5.78 Å². The smallest absolute Gasteiger partial charge is 0.200 e. The van der Waals surface area contributed by atoms with Gasteiger partial charge in [0, 0.05) is 5.56 Å². The standard InChI is InChI=1S/C22H20O2/c1-16-8-9-20(14-17(16)2)22(23)15-24-21-12-10-19(11-13-21)18-6-4-3-5-7-18/h3-14H,15H2,1-2H3. The van der Waals surface area contributed by atoms with E-state index in [2.05, 4.69) is 12.1 Å².